The minimum Gasteiger partial charge on any atom is -0.358 e. The average Bonchev–Trinajstić information content (AvgIpc) is 2.46. The Bertz CT molecular complexity index is 340. The third-order valence-corrected chi connectivity index (χ3v) is 2.43. The average molecular weight is 238 g/mol. The van der Waals surface area contributed by atoms with Gasteiger partial charge in [-0.25, -0.2) is 0 Å². The van der Waals surface area contributed by atoms with Crippen LogP contribution in [-0.2, 0) is 6.54 Å². The van der Waals surface area contributed by atoms with Crippen molar-refractivity contribution in [1.29, 1.82) is 0 Å². The van der Waals surface area contributed by atoms with Crippen LogP contribution in [0.1, 0.15) is 6.92 Å². The molecule has 0 aliphatic rings. The lowest BCUT2D eigenvalue weighted by Crippen LogP contribution is -2.09. The third-order valence-electron chi connectivity index (χ3n) is 1.63. The highest BCUT2D eigenvalue weighted by Crippen LogP contribution is 2.21. The molecule has 0 saturated heterocycles. The summed E-state index contributed by atoms with van der Waals surface area (Å²) in [7, 11) is 0. The molecule has 1 rings (SSSR count). The first kappa shape index (κ1) is 11.3. The van der Waals surface area contributed by atoms with E-state index < -0.39 is 4.92 Å². The van der Waals surface area contributed by atoms with E-state index in [1.54, 1.807) is 0 Å². The quantitative estimate of drug-likeness (QED) is 0.459. The first-order chi connectivity index (χ1) is 6.54. The molecule has 1 atom stereocenters. The van der Waals surface area contributed by atoms with E-state index in [0.29, 0.717) is 12.4 Å². The Kier molecular flexibility index (Phi) is 3.71. The van der Waals surface area contributed by atoms with E-state index in [1.165, 1.54) is 10.9 Å². The smallest absolute Gasteiger partial charge is 0.358 e. The number of halogens is 2. The highest BCUT2D eigenvalue weighted by atomic mass is 35.5. The lowest BCUT2D eigenvalue weighted by atomic mass is 10.2. The molecule has 0 aromatic carbocycles. The van der Waals surface area contributed by atoms with Crippen LogP contribution in [0.2, 0.25) is 5.02 Å². The second-order valence-electron chi connectivity index (χ2n) is 3.04. The highest BCUT2D eigenvalue weighted by molar-refractivity contribution is 6.32. The second kappa shape index (κ2) is 4.61. The molecule has 1 aromatic heterocycles. The van der Waals surface area contributed by atoms with E-state index in [4.69, 9.17) is 23.2 Å². The van der Waals surface area contributed by atoms with Crippen LogP contribution in [0.5, 0.6) is 0 Å². The molecule has 0 radical (unpaired) electrons. The molecular formula is C7H9Cl2N3O2. The van der Waals surface area contributed by atoms with Gasteiger partial charge < -0.3 is 10.1 Å². The fraction of sp³-hybridized carbons (Fsp3) is 0.571. The Morgan fingerprint density at radius 1 is 1.79 bits per heavy atom. The Balaban J connectivity index is 2.81. The maximum absolute atomic E-state index is 10.4. The second-order valence-corrected chi connectivity index (χ2v) is 3.76. The number of alkyl halides is 1. The molecule has 5 nitrogen and oxygen atoms in total. The van der Waals surface area contributed by atoms with E-state index in [9.17, 15) is 10.1 Å². The largest absolute Gasteiger partial charge is 0.408 e. The predicted molar refractivity (Wildman–Crippen MR) is 53.8 cm³/mol. The van der Waals surface area contributed by atoms with Gasteiger partial charge in [0.15, 0.2) is 5.02 Å². The summed E-state index contributed by atoms with van der Waals surface area (Å²) in [4.78, 5) is 9.80. The molecular weight excluding hydrogens is 229 g/mol. The molecule has 0 amide bonds. The summed E-state index contributed by atoms with van der Waals surface area (Å²) in [6.45, 7) is 2.45. The van der Waals surface area contributed by atoms with Crippen molar-refractivity contribution < 1.29 is 4.92 Å². The van der Waals surface area contributed by atoms with Crippen molar-refractivity contribution in [3.63, 3.8) is 0 Å². The lowest BCUT2D eigenvalue weighted by molar-refractivity contribution is -0.389. The summed E-state index contributed by atoms with van der Waals surface area (Å²) >= 11 is 11.2. The molecule has 1 aromatic rings. The van der Waals surface area contributed by atoms with Crippen LogP contribution in [0.3, 0.4) is 0 Å². The maximum Gasteiger partial charge on any atom is 0.408 e. The van der Waals surface area contributed by atoms with Crippen LogP contribution in [0.15, 0.2) is 6.20 Å². The zero-order chi connectivity index (χ0) is 10.7. The number of hydrogen-bond donors (Lipinski definition) is 0. The van der Waals surface area contributed by atoms with E-state index in [2.05, 4.69) is 5.10 Å². The maximum atomic E-state index is 10.4. The number of aromatic nitrogens is 2. The van der Waals surface area contributed by atoms with Crippen molar-refractivity contribution in [2.75, 3.05) is 5.88 Å². The summed E-state index contributed by atoms with van der Waals surface area (Å²) < 4.78 is 1.44. The van der Waals surface area contributed by atoms with Gasteiger partial charge in [-0.3, -0.25) is 0 Å². The minimum absolute atomic E-state index is 0.0526. The van der Waals surface area contributed by atoms with Crippen LogP contribution in [0, 0.1) is 16.0 Å². The molecule has 1 unspecified atom stereocenters. The molecule has 0 saturated carbocycles. The van der Waals surface area contributed by atoms with Gasteiger partial charge >= 0.3 is 5.82 Å². The first-order valence-corrected chi connectivity index (χ1v) is 4.89. The van der Waals surface area contributed by atoms with Gasteiger partial charge in [0, 0.05) is 5.88 Å². The zero-order valence-corrected chi connectivity index (χ0v) is 8.99. The molecule has 0 aliphatic carbocycles. The standard InChI is InChI=1S/C7H9Cl2N3O2/c1-5(2-8)3-11-4-6(9)7(10-11)12(13)14/h4-5H,2-3H2,1H3. The number of nitro groups is 1. The predicted octanol–water partition coefficient (Wildman–Crippen LogP) is 2.32. The first-order valence-electron chi connectivity index (χ1n) is 3.98. The van der Waals surface area contributed by atoms with Crippen molar-refractivity contribution in [2.45, 2.75) is 13.5 Å². The zero-order valence-electron chi connectivity index (χ0n) is 7.48. The molecule has 7 heteroatoms. The summed E-state index contributed by atoms with van der Waals surface area (Å²) in [6, 6.07) is 0. The normalized spacial score (nSPS) is 12.8. The molecule has 0 fully saturated rings. The Morgan fingerprint density at radius 3 is 2.86 bits per heavy atom. The summed E-state index contributed by atoms with van der Waals surface area (Å²) in [6.07, 6.45) is 1.43. The summed E-state index contributed by atoms with van der Waals surface area (Å²) in [5, 5.41) is 14.2. The fourth-order valence-electron chi connectivity index (χ4n) is 0.972. The van der Waals surface area contributed by atoms with E-state index in [-0.39, 0.29) is 16.8 Å². The van der Waals surface area contributed by atoms with E-state index in [1.807, 2.05) is 6.92 Å². The third kappa shape index (κ3) is 2.59. The van der Waals surface area contributed by atoms with Crippen LogP contribution in [0.4, 0.5) is 5.82 Å². The molecule has 14 heavy (non-hydrogen) atoms. The van der Waals surface area contributed by atoms with Crippen LogP contribution in [-0.4, -0.2) is 20.6 Å². The van der Waals surface area contributed by atoms with Crippen molar-refractivity contribution in [1.82, 2.24) is 9.78 Å². The summed E-state index contributed by atoms with van der Waals surface area (Å²) in [5.74, 6) is 0.367. The highest BCUT2D eigenvalue weighted by Gasteiger charge is 2.19. The van der Waals surface area contributed by atoms with Gasteiger partial charge in [0.2, 0.25) is 0 Å². The Hall–Kier alpha value is -0.810. The number of nitrogens with zero attached hydrogens (tertiary/aromatic N) is 3. The SMILES string of the molecule is CC(CCl)Cn1cc(Cl)c([N+](=O)[O-])n1. The molecule has 0 aliphatic heterocycles. The van der Waals surface area contributed by atoms with Crippen molar-refractivity contribution in [2.24, 2.45) is 5.92 Å². The van der Waals surface area contributed by atoms with Gasteiger partial charge in [0.25, 0.3) is 0 Å². The molecule has 1 heterocycles. The Morgan fingerprint density at radius 2 is 2.43 bits per heavy atom. The van der Waals surface area contributed by atoms with Crippen LogP contribution < -0.4 is 0 Å². The molecule has 78 valence electrons. The van der Waals surface area contributed by atoms with Gasteiger partial charge in [-0.2, -0.15) is 4.68 Å². The molecule has 0 bridgehead atoms. The van der Waals surface area contributed by atoms with Crippen LogP contribution >= 0.6 is 23.2 Å². The van der Waals surface area contributed by atoms with Crippen molar-refractivity contribution >= 4 is 29.0 Å². The van der Waals surface area contributed by atoms with E-state index in [0.717, 1.165) is 0 Å². The van der Waals surface area contributed by atoms with Gasteiger partial charge in [-0.1, -0.05) is 18.5 Å². The van der Waals surface area contributed by atoms with Gasteiger partial charge in [0.1, 0.15) is 0 Å². The fourth-order valence-corrected chi connectivity index (χ4v) is 1.29. The van der Waals surface area contributed by atoms with Crippen molar-refractivity contribution in [3.8, 4) is 0 Å². The number of hydrogen-bond acceptors (Lipinski definition) is 3. The number of rotatable bonds is 4. The molecule has 0 N–H and O–H groups in total. The monoisotopic (exact) mass is 237 g/mol. The lowest BCUT2D eigenvalue weighted by Gasteiger charge is -2.02. The van der Waals surface area contributed by atoms with Crippen LogP contribution in [0.25, 0.3) is 0 Å². The Labute approximate surface area is 90.8 Å². The van der Waals surface area contributed by atoms with Gasteiger partial charge in [0.05, 0.1) is 17.8 Å². The molecule has 0 spiro atoms. The van der Waals surface area contributed by atoms with Crippen molar-refractivity contribution in [3.05, 3.63) is 21.3 Å². The summed E-state index contributed by atoms with van der Waals surface area (Å²) in [5.41, 5.74) is 0. The minimum atomic E-state index is -0.607. The van der Waals surface area contributed by atoms with Gasteiger partial charge in [-0.05, 0) is 10.8 Å². The van der Waals surface area contributed by atoms with Gasteiger partial charge in [-0.15, -0.1) is 11.6 Å². The van der Waals surface area contributed by atoms with E-state index >= 15 is 0 Å². The topological polar surface area (TPSA) is 61.0 Å².